The second-order valence-corrected chi connectivity index (χ2v) is 6.74. The van der Waals surface area contributed by atoms with E-state index in [2.05, 4.69) is 10.0 Å². The zero-order chi connectivity index (χ0) is 15.9. The molecule has 0 heterocycles. The summed E-state index contributed by atoms with van der Waals surface area (Å²) >= 11 is 0. The van der Waals surface area contributed by atoms with Crippen LogP contribution in [0.3, 0.4) is 0 Å². The average Bonchev–Trinajstić information content (AvgIpc) is 2.43. The van der Waals surface area contributed by atoms with Gasteiger partial charge in [0, 0.05) is 19.2 Å². The van der Waals surface area contributed by atoms with E-state index in [0.29, 0.717) is 24.7 Å². The van der Waals surface area contributed by atoms with E-state index in [9.17, 15) is 8.42 Å². The number of aryl methyl sites for hydroxylation is 1. The quantitative estimate of drug-likeness (QED) is 0.729. The fraction of sp³-hybridized carbons (Fsp3) is 0.600. The van der Waals surface area contributed by atoms with Gasteiger partial charge in [-0.2, -0.15) is 0 Å². The molecule has 0 aliphatic heterocycles. The topological polar surface area (TPSA) is 67.4 Å². The summed E-state index contributed by atoms with van der Waals surface area (Å²) in [7, 11) is -3.53. The van der Waals surface area contributed by atoms with Crippen molar-refractivity contribution in [3.63, 3.8) is 0 Å². The van der Waals surface area contributed by atoms with Gasteiger partial charge < -0.3 is 10.1 Å². The monoisotopic (exact) mass is 314 g/mol. The van der Waals surface area contributed by atoms with E-state index in [1.807, 2.05) is 26.0 Å². The van der Waals surface area contributed by atoms with E-state index >= 15 is 0 Å². The molecule has 21 heavy (non-hydrogen) atoms. The predicted molar refractivity (Wildman–Crippen MR) is 84.8 cm³/mol. The first-order valence-electron chi connectivity index (χ1n) is 7.31. The van der Waals surface area contributed by atoms with Crippen molar-refractivity contribution in [3.05, 3.63) is 29.3 Å². The van der Waals surface area contributed by atoms with Gasteiger partial charge in [-0.05, 0) is 44.5 Å². The Hall–Kier alpha value is -0.950. The highest BCUT2D eigenvalue weighted by Crippen LogP contribution is 2.17. The van der Waals surface area contributed by atoms with E-state index < -0.39 is 10.0 Å². The van der Waals surface area contributed by atoms with Crippen molar-refractivity contribution in [1.29, 1.82) is 0 Å². The first-order chi connectivity index (χ1) is 9.90. The molecule has 0 fully saturated rings. The number of hydrogen-bond acceptors (Lipinski definition) is 4. The molecule has 120 valence electrons. The smallest absolute Gasteiger partial charge is 0.241 e. The van der Waals surface area contributed by atoms with Crippen molar-refractivity contribution in [2.45, 2.75) is 45.2 Å². The van der Waals surface area contributed by atoms with E-state index in [0.717, 1.165) is 17.7 Å². The summed E-state index contributed by atoms with van der Waals surface area (Å²) in [5.74, 6) is 0. The molecule has 0 saturated carbocycles. The number of benzene rings is 1. The number of rotatable bonds is 9. The summed E-state index contributed by atoms with van der Waals surface area (Å²) < 4.78 is 32.8. The molecule has 1 aromatic rings. The van der Waals surface area contributed by atoms with Crippen LogP contribution >= 0.6 is 0 Å². The first-order valence-corrected chi connectivity index (χ1v) is 8.79. The normalized spacial score (nSPS) is 13.3. The Kier molecular flexibility index (Phi) is 7.31. The maximum atomic E-state index is 12.5. The highest BCUT2D eigenvalue weighted by molar-refractivity contribution is 7.89. The molecule has 0 aromatic heterocycles. The van der Waals surface area contributed by atoms with Gasteiger partial charge in [0.1, 0.15) is 0 Å². The van der Waals surface area contributed by atoms with Gasteiger partial charge >= 0.3 is 0 Å². The Morgan fingerprint density at radius 2 is 2.00 bits per heavy atom. The van der Waals surface area contributed by atoms with E-state index in [-0.39, 0.29) is 6.04 Å². The lowest BCUT2D eigenvalue weighted by Crippen LogP contribution is -2.36. The molecule has 1 atom stereocenters. The lowest BCUT2D eigenvalue weighted by molar-refractivity contribution is 0.133. The zero-order valence-corrected chi connectivity index (χ0v) is 14.1. The average molecular weight is 314 g/mol. The Bertz CT molecular complexity index is 544. The third-order valence-electron chi connectivity index (χ3n) is 3.05. The van der Waals surface area contributed by atoms with Crippen LogP contribution in [0.2, 0.25) is 0 Å². The molecular formula is C15H26N2O3S. The summed E-state index contributed by atoms with van der Waals surface area (Å²) in [4.78, 5) is 0.334. The highest BCUT2D eigenvalue weighted by atomic mass is 32.2. The third-order valence-corrected chi connectivity index (χ3v) is 4.78. The fourth-order valence-corrected chi connectivity index (χ4v) is 3.49. The number of nitrogens with one attached hydrogen (secondary N) is 2. The molecule has 1 rings (SSSR count). The predicted octanol–water partition coefficient (Wildman–Crippen LogP) is 1.81. The summed E-state index contributed by atoms with van der Waals surface area (Å²) in [6.07, 6.45) is 0. The summed E-state index contributed by atoms with van der Waals surface area (Å²) in [5.41, 5.74) is 1.70. The molecule has 0 bridgehead atoms. The van der Waals surface area contributed by atoms with Gasteiger partial charge in [0.15, 0.2) is 0 Å². The van der Waals surface area contributed by atoms with Gasteiger partial charge in [0.2, 0.25) is 10.0 Å². The first kappa shape index (κ1) is 18.1. The van der Waals surface area contributed by atoms with E-state index in [1.54, 1.807) is 19.9 Å². The summed E-state index contributed by atoms with van der Waals surface area (Å²) in [5, 5.41) is 3.20. The number of sulfonamides is 1. The van der Waals surface area contributed by atoms with Crippen LogP contribution in [-0.2, 0) is 21.3 Å². The molecule has 0 amide bonds. The molecule has 2 N–H and O–H groups in total. The van der Waals surface area contributed by atoms with Gasteiger partial charge in [-0.25, -0.2) is 13.1 Å². The second-order valence-electron chi connectivity index (χ2n) is 5.06. The van der Waals surface area contributed by atoms with Crippen molar-refractivity contribution < 1.29 is 13.2 Å². The molecule has 6 heteroatoms. The Morgan fingerprint density at radius 3 is 2.62 bits per heavy atom. The number of ether oxygens (including phenoxy) is 1. The molecule has 0 spiro atoms. The highest BCUT2D eigenvalue weighted by Gasteiger charge is 2.20. The maximum Gasteiger partial charge on any atom is 0.241 e. The van der Waals surface area contributed by atoms with Crippen LogP contribution in [0, 0.1) is 6.92 Å². The standard InChI is InChI=1S/C15H26N2O3S/c1-5-16-10-14-8-7-12(3)15(9-14)21(18,19)17-13(4)11-20-6-2/h7-9,13,16-17H,5-6,10-11H2,1-4H3. The van der Waals surface area contributed by atoms with Gasteiger partial charge in [0.05, 0.1) is 11.5 Å². The van der Waals surface area contributed by atoms with Crippen molar-refractivity contribution in [3.8, 4) is 0 Å². The molecule has 1 unspecified atom stereocenters. The van der Waals surface area contributed by atoms with Crippen LogP contribution in [0.5, 0.6) is 0 Å². The fourth-order valence-electron chi connectivity index (χ4n) is 1.97. The van der Waals surface area contributed by atoms with Crippen molar-refractivity contribution >= 4 is 10.0 Å². The SMILES string of the molecule is CCNCc1ccc(C)c(S(=O)(=O)NC(C)COCC)c1. The Labute approximate surface area is 128 Å². The van der Waals surface area contributed by atoms with Gasteiger partial charge in [0.25, 0.3) is 0 Å². The molecule has 0 aliphatic carbocycles. The van der Waals surface area contributed by atoms with Gasteiger partial charge in [-0.15, -0.1) is 0 Å². The van der Waals surface area contributed by atoms with Crippen molar-refractivity contribution in [1.82, 2.24) is 10.0 Å². The lowest BCUT2D eigenvalue weighted by Gasteiger charge is -2.16. The van der Waals surface area contributed by atoms with Gasteiger partial charge in [-0.3, -0.25) is 0 Å². The largest absolute Gasteiger partial charge is 0.380 e. The van der Waals surface area contributed by atoms with Crippen LogP contribution in [0.25, 0.3) is 0 Å². The number of hydrogen-bond donors (Lipinski definition) is 2. The minimum atomic E-state index is -3.53. The molecule has 1 aromatic carbocycles. The van der Waals surface area contributed by atoms with Gasteiger partial charge in [-0.1, -0.05) is 19.1 Å². The van der Waals surface area contributed by atoms with E-state index in [1.165, 1.54) is 0 Å². The lowest BCUT2D eigenvalue weighted by atomic mass is 10.1. The third kappa shape index (κ3) is 5.74. The minimum Gasteiger partial charge on any atom is -0.380 e. The molecule has 0 saturated heterocycles. The van der Waals surface area contributed by atoms with Crippen LogP contribution in [0.4, 0.5) is 0 Å². The molecule has 0 aliphatic rings. The van der Waals surface area contributed by atoms with Crippen LogP contribution in [0.15, 0.2) is 23.1 Å². The Morgan fingerprint density at radius 1 is 1.29 bits per heavy atom. The summed E-state index contributed by atoms with van der Waals surface area (Å²) in [6, 6.07) is 5.26. The van der Waals surface area contributed by atoms with Crippen LogP contribution in [0.1, 0.15) is 31.9 Å². The Balaban J connectivity index is 2.90. The van der Waals surface area contributed by atoms with Crippen LogP contribution < -0.4 is 10.0 Å². The zero-order valence-electron chi connectivity index (χ0n) is 13.3. The molecular weight excluding hydrogens is 288 g/mol. The van der Waals surface area contributed by atoms with Crippen molar-refractivity contribution in [2.24, 2.45) is 0 Å². The minimum absolute atomic E-state index is 0.258. The van der Waals surface area contributed by atoms with E-state index in [4.69, 9.17) is 4.74 Å². The van der Waals surface area contributed by atoms with Crippen LogP contribution in [-0.4, -0.2) is 34.2 Å². The maximum absolute atomic E-state index is 12.5. The molecule has 0 radical (unpaired) electrons. The second kappa shape index (κ2) is 8.48. The summed E-state index contributed by atoms with van der Waals surface area (Å²) in [6.45, 7) is 9.95. The molecule has 5 nitrogen and oxygen atoms in total. The van der Waals surface area contributed by atoms with Crippen molar-refractivity contribution in [2.75, 3.05) is 19.8 Å².